The molecule has 0 bridgehead atoms. The molecular formula is C13H18O3. The molecule has 88 valence electrons. The molecule has 0 atom stereocenters. The Hall–Kier alpha value is -1.51. The molecule has 1 rings (SSSR count). The molecule has 0 aromatic heterocycles. The zero-order chi connectivity index (χ0) is 12.5. The average molecular weight is 222 g/mol. The van der Waals surface area contributed by atoms with E-state index in [-0.39, 0.29) is 17.3 Å². The molecule has 3 heteroatoms. The van der Waals surface area contributed by atoms with Crippen molar-refractivity contribution in [3.63, 3.8) is 0 Å². The molecule has 0 amide bonds. The van der Waals surface area contributed by atoms with E-state index < -0.39 is 5.41 Å². The number of rotatable bonds is 3. The normalized spacial score (nSPS) is 11.5. The van der Waals surface area contributed by atoms with Gasteiger partial charge in [-0.3, -0.25) is 4.79 Å². The molecule has 0 aliphatic carbocycles. The molecule has 0 fully saturated rings. The molecule has 0 heterocycles. The monoisotopic (exact) mass is 222 g/mol. The van der Waals surface area contributed by atoms with E-state index in [0.717, 1.165) is 0 Å². The van der Waals surface area contributed by atoms with Crippen molar-refractivity contribution in [3.05, 3.63) is 23.3 Å². The van der Waals surface area contributed by atoms with Crippen LogP contribution in [0.15, 0.2) is 12.1 Å². The lowest BCUT2D eigenvalue weighted by molar-refractivity contribution is -0.124. The van der Waals surface area contributed by atoms with Gasteiger partial charge in [-0.05, 0) is 31.9 Å². The fourth-order valence-electron chi connectivity index (χ4n) is 1.49. The van der Waals surface area contributed by atoms with Crippen LogP contribution < -0.4 is 0 Å². The first-order valence-corrected chi connectivity index (χ1v) is 5.27. The smallest absolute Gasteiger partial charge is 0.135 e. The summed E-state index contributed by atoms with van der Waals surface area (Å²) >= 11 is 0. The summed E-state index contributed by atoms with van der Waals surface area (Å²) in [5, 5.41) is 19.3. The van der Waals surface area contributed by atoms with Gasteiger partial charge in [0, 0.05) is 11.0 Å². The summed E-state index contributed by atoms with van der Waals surface area (Å²) in [6, 6.07) is 3.20. The molecule has 2 N–H and O–H groups in total. The van der Waals surface area contributed by atoms with Crippen LogP contribution in [0, 0.1) is 12.3 Å². The van der Waals surface area contributed by atoms with Crippen LogP contribution >= 0.6 is 0 Å². The van der Waals surface area contributed by atoms with E-state index in [2.05, 4.69) is 0 Å². The van der Waals surface area contributed by atoms with Gasteiger partial charge in [-0.2, -0.15) is 0 Å². The minimum Gasteiger partial charge on any atom is -0.508 e. The van der Waals surface area contributed by atoms with Crippen molar-refractivity contribution in [1.29, 1.82) is 0 Å². The van der Waals surface area contributed by atoms with Crippen LogP contribution in [-0.2, 0) is 11.2 Å². The standard InChI is InChI=1S/C13H18O3/c1-8-11(15)6-5-10(12(8)16)7-13(3,4)9(2)14/h5-6,15-16H,7H2,1-4H3. The Morgan fingerprint density at radius 3 is 2.38 bits per heavy atom. The van der Waals surface area contributed by atoms with Gasteiger partial charge >= 0.3 is 0 Å². The Labute approximate surface area is 95.7 Å². The van der Waals surface area contributed by atoms with Gasteiger partial charge in [0.1, 0.15) is 17.3 Å². The number of carbonyl (C=O) groups excluding carboxylic acids is 1. The van der Waals surface area contributed by atoms with Gasteiger partial charge in [-0.25, -0.2) is 0 Å². The van der Waals surface area contributed by atoms with Crippen molar-refractivity contribution in [1.82, 2.24) is 0 Å². The molecule has 0 saturated carbocycles. The Morgan fingerprint density at radius 2 is 1.88 bits per heavy atom. The fourth-order valence-corrected chi connectivity index (χ4v) is 1.49. The third-order valence-corrected chi connectivity index (χ3v) is 3.07. The Balaban J connectivity index is 3.08. The first-order valence-electron chi connectivity index (χ1n) is 5.27. The minimum atomic E-state index is -0.499. The molecule has 0 saturated heterocycles. The summed E-state index contributed by atoms with van der Waals surface area (Å²) in [7, 11) is 0. The van der Waals surface area contributed by atoms with E-state index in [1.807, 2.05) is 13.8 Å². The van der Waals surface area contributed by atoms with Crippen molar-refractivity contribution in [2.75, 3.05) is 0 Å². The van der Waals surface area contributed by atoms with E-state index in [1.165, 1.54) is 0 Å². The van der Waals surface area contributed by atoms with Crippen LogP contribution in [0.25, 0.3) is 0 Å². The number of benzene rings is 1. The zero-order valence-electron chi connectivity index (χ0n) is 10.2. The molecule has 3 nitrogen and oxygen atoms in total. The predicted molar refractivity (Wildman–Crippen MR) is 62.7 cm³/mol. The highest BCUT2D eigenvalue weighted by Crippen LogP contribution is 2.33. The van der Waals surface area contributed by atoms with Gasteiger partial charge in [0.2, 0.25) is 0 Å². The van der Waals surface area contributed by atoms with Crippen molar-refractivity contribution >= 4 is 5.78 Å². The van der Waals surface area contributed by atoms with E-state index in [1.54, 1.807) is 26.0 Å². The van der Waals surface area contributed by atoms with Crippen molar-refractivity contribution in [3.8, 4) is 11.5 Å². The molecule has 0 unspecified atom stereocenters. The SMILES string of the molecule is CC(=O)C(C)(C)Cc1ccc(O)c(C)c1O. The van der Waals surface area contributed by atoms with Crippen LogP contribution in [0.1, 0.15) is 31.9 Å². The Morgan fingerprint density at radius 1 is 1.31 bits per heavy atom. The Bertz CT molecular complexity index is 419. The molecule has 1 aromatic carbocycles. The highest BCUT2D eigenvalue weighted by molar-refractivity contribution is 5.82. The van der Waals surface area contributed by atoms with Crippen molar-refractivity contribution < 1.29 is 15.0 Å². The average Bonchev–Trinajstić information content (AvgIpc) is 2.19. The van der Waals surface area contributed by atoms with Gasteiger partial charge in [0.05, 0.1) is 0 Å². The summed E-state index contributed by atoms with van der Waals surface area (Å²) in [5.74, 6) is 0.230. The molecule has 16 heavy (non-hydrogen) atoms. The van der Waals surface area contributed by atoms with Gasteiger partial charge in [0.25, 0.3) is 0 Å². The second-order valence-corrected chi connectivity index (χ2v) is 4.83. The predicted octanol–water partition coefficient (Wildman–Crippen LogP) is 2.56. The summed E-state index contributed by atoms with van der Waals surface area (Å²) < 4.78 is 0. The van der Waals surface area contributed by atoms with E-state index >= 15 is 0 Å². The number of aromatic hydroxyl groups is 2. The van der Waals surface area contributed by atoms with Crippen LogP contribution in [-0.4, -0.2) is 16.0 Å². The molecular weight excluding hydrogens is 204 g/mol. The number of phenolic OH excluding ortho intramolecular Hbond substituents is 2. The van der Waals surface area contributed by atoms with Gasteiger partial charge in [0.15, 0.2) is 0 Å². The van der Waals surface area contributed by atoms with Gasteiger partial charge < -0.3 is 10.2 Å². The fraction of sp³-hybridized carbons (Fsp3) is 0.462. The maximum absolute atomic E-state index is 11.4. The highest BCUT2D eigenvalue weighted by Gasteiger charge is 2.25. The number of hydrogen-bond donors (Lipinski definition) is 2. The van der Waals surface area contributed by atoms with Gasteiger partial charge in [-0.15, -0.1) is 0 Å². The largest absolute Gasteiger partial charge is 0.508 e. The zero-order valence-corrected chi connectivity index (χ0v) is 10.2. The summed E-state index contributed by atoms with van der Waals surface area (Å²) in [5.41, 5.74) is 0.647. The quantitative estimate of drug-likeness (QED) is 0.826. The number of carbonyl (C=O) groups is 1. The lowest BCUT2D eigenvalue weighted by atomic mass is 9.82. The number of hydrogen-bond acceptors (Lipinski definition) is 3. The minimum absolute atomic E-state index is 0.0712. The summed E-state index contributed by atoms with van der Waals surface area (Å²) in [4.78, 5) is 11.4. The summed E-state index contributed by atoms with van der Waals surface area (Å²) in [6.45, 7) is 6.88. The molecule has 0 aliphatic heterocycles. The van der Waals surface area contributed by atoms with E-state index in [4.69, 9.17) is 0 Å². The van der Waals surface area contributed by atoms with Crippen LogP contribution in [0.2, 0.25) is 0 Å². The number of Topliss-reactive ketones (excluding diaryl/α,β-unsaturated/α-hetero) is 1. The number of phenols is 2. The lowest BCUT2D eigenvalue weighted by Crippen LogP contribution is -2.24. The topological polar surface area (TPSA) is 57.5 Å². The second kappa shape index (κ2) is 4.16. The first kappa shape index (κ1) is 12.6. The van der Waals surface area contributed by atoms with Gasteiger partial charge in [-0.1, -0.05) is 19.9 Å². The van der Waals surface area contributed by atoms with Crippen LogP contribution in [0.4, 0.5) is 0 Å². The third-order valence-electron chi connectivity index (χ3n) is 3.07. The van der Waals surface area contributed by atoms with E-state index in [9.17, 15) is 15.0 Å². The third kappa shape index (κ3) is 2.35. The van der Waals surface area contributed by atoms with Crippen molar-refractivity contribution in [2.45, 2.75) is 34.1 Å². The highest BCUT2D eigenvalue weighted by atomic mass is 16.3. The first-order chi connectivity index (χ1) is 7.25. The molecule has 0 spiro atoms. The second-order valence-electron chi connectivity index (χ2n) is 4.83. The maximum Gasteiger partial charge on any atom is 0.135 e. The number of ketones is 1. The van der Waals surface area contributed by atoms with Crippen LogP contribution in [0.3, 0.4) is 0 Å². The maximum atomic E-state index is 11.4. The molecule has 0 radical (unpaired) electrons. The van der Waals surface area contributed by atoms with Crippen molar-refractivity contribution in [2.24, 2.45) is 5.41 Å². The summed E-state index contributed by atoms with van der Waals surface area (Å²) in [6.07, 6.45) is 0.468. The Kier molecular flexibility index (Phi) is 3.27. The molecule has 1 aromatic rings. The lowest BCUT2D eigenvalue weighted by Gasteiger charge is -2.22. The van der Waals surface area contributed by atoms with Crippen LogP contribution in [0.5, 0.6) is 11.5 Å². The van der Waals surface area contributed by atoms with E-state index in [0.29, 0.717) is 17.5 Å². The molecule has 0 aliphatic rings.